The minimum Gasteiger partial charge on any atom is -0.310 e. The van der Waals surface area contributed by atoms with Crippen molar-refractivity contribution >= 4 is 10.0 Å². The number of rotatable bonds is 6. The van der Waals surface area contributed by atoms with Crippen LogP contribution in [-0.2, 0) is 16.6 Å². The molecule has 0 saturated carbocycles. The normalized spacial score (nSPS) is 23.8. The molecule has 1 aromatic rings. The maximum atomic E-state index is 12.3. The van der Waals surface area contributed by atoms with Gasteiger partial charge >= 0.3 is 0 Å². The van der Waals surface area contributed by atoms with Gasteiger partial charge in [0.05, 0.1) is 5.25 Å². The lowest BCUT2D eigenvalue weighted by Crippen LogP contribution is -2.51. The van der Waals surface area contributed by atoms with Crippen LogP contribution in [0, 0.1) is 5.92 Å². The van der Waals surface area contributed by atoms with Crippen LogP contribution in [0.15, 0.2) is 24.5 Å². The first-order valence-corrected chi connectivity index (χ1v) is 9.56. The number of piperidine rings is 1. The van der Waals surface area contributed by atoms with E-state index in [-0.39, 0.29) is 5.25 Å². The quantitative estimate of drug-likeness (QED) is 0.869. The van der Waals surface area contributed by atoms with Crippen molar-refractivity contribution < 1.29 is 8.42 Å². The van der Waals surface area contributed by atoms with E-state index in [4.69, 9.17) is 0 Å². The van der Waals surface area contributed by atoms with Crippen molar-refractivity contribution in [1.82, 2.24) is 14.6 Å². The van der Waals surface area contributed by atoms with Crippen LogP contribution in [0.25, 0.3) is 0 Å². The van der Waals surface area contributed by atoms with Crippen LogP contribution in [-0.4, -0.2) is 42.1 Å². The lowest BCUT2D eigenvalue weighted by molar-refractivity contribution is 0.200. The largest absolute Gasteiger partial charge is 0.310 e. The topological polar surface area (TPSA) is 62.3 Å². The maximum absolute atomic E-state index is 12.3. The minimum atomic E-state index is -3.14. The summed E-state index contributed by atoms with van der Waals surface area (Å²) in [6.07, 6.45) is 5.45. The first kappa shape index (κ1) is 17.4. The van der Waals surface area contributed by atoms with E-state index < -0.39 is 10.0 Å². The van der Waals surface area contributed by atoms with Gasteiger partial charge in [0.15, 0.2) is 0 Å². The summed E-state index contributed by atoms with van der Waals surface area (Å²) in [6.45, 7) is 7.70. The highest BCUT2D eigenvalue weighted by Gasteiger charge is 2.34. The molecule has 1 N–H and O–H groups in total. The van der Waals surface area contributed by atoms with Crippen molar-refractivity contribution in [3.8, 4) is 0 Å². The molecule has 1 saturated heterocycles. The molecule has 0 spiro atoms. The Morgan fingerprint density at radius 3 is 2.64 bits per heavy atom. The van der Waals surface area contributed by atoms with Crippen LogP contribution < -0.4 is 5.32 Å². The average Bonchev–Trinajstić information content (AvgIpc) is 2.53. The molecule has 22 heavy (non-hydrogen) atoms. The molecule has 1 fully saturated rings. The summed E-state index contributed by atoms with van der Waals surface area (Å²) in [6, 6.07) is 4.38. The average molecular weight is 325 g/mol. The molecule has 0 radical (unpaired) electrons. The second kappa shape index (κ2) is 7.53. The highest BCUT2D eigenvalue weighted by molar-refractivity contribution is 7.89. The zero-order valence-electron chi connectivity index (χ0n) is 13.7. The molecule has 0 aromatic carbocycles. The van der Waals surface area contributed by atoms with Crippen molar-refractivity contribution in [2.45, 2.75) is 51.4 Å². The van der Waals surface area contributed by atoms with E-state index in [9.17, 15) is 8.42 Å². The van der Waals surface area contributed by atoms with Crippen LogP contribution in [0.1, 0.15) is 39.2 Å². The molecule has 0 amide bonds. The van der Waals surface area contributed by atoms with Crippen molar-refractivity contribution in [1.29, 1.82) is 0 Å². The molecule has 0 unspecified atom stereocenters. The second-order valence-electron chi connectivity index (χ2n) is 6.25. The highest BCUT2D eigenvalue weighted by Crippen LogP contribution is 2.24. The molecule has 1 aromatic heterocycles. The maximum Gasteiger partial charge on any atom is 0.216 e. The van der Waals surface area contributed by atoms with Gasteiger partial charge in [-0.2, -0.15) is 0 Å². The minimum absolute atomic E-state index is 0.341. The molecule has 124 valence electrons. The van der Waals surface area contributed by atoms with E-state index in [1.54, 1.807) is 30.5 Å². The second-order valence-corrected chi connectivity index (χ2v) is 8.74. The van der Waals surface area contributed by atoms with Crippen LogP contribution in [0.5, 0.6) is 0 Å². The lowest BCUT2D eigenvalue weighted by atomic mass is 9.91. The molecular formula is C16H27N3O2S. The highest BCUT2D eigenvalue weighted by atomic mass is 32.2. The van der Waals surface area contributed by atoms with Crippen LogP contribution in [0.4, 0.5) is 0 Å². The van der Waals surface area contributed by atoms with Gasteiger partial charge in [-0.05, 0) is 43.9 Å². The molecule has 2 heterocycles. The Balaban J connectivity index is 1.96. The third kappa shape index (κ3) is 4.06. The molecule has 6 heteroatoms. The summed E-state index contributed by atoms with van der Waals surface area (Å²) in [5.41, 5.74) is 1.21. The van der Waals surface area contributed by atoms with Crippen molar-refractivity contribution in [3.63, 3.8) is 0 Å². The zero-order chi connectivity index (χ0) is 16.2. The van der Waals surface area contributed by atoms with E-state index in [1.165, 1.54) is 5.56 Å². The van der Waals surface area contributed by atoms with Gasteiger partial charge in [0, 0.05) is 38.1 Å². The Labute approximate surface area is 134 Å². The smallest absolute Gasteiger partial charge is 0.216 e. The third-order valence-electron chi connectivity index (χ3n) is 4.49. The molecule has 0 aliphatic carbocycles. The number of pyridine rings is 1. The predicted octanol–water partition coefficient (Wildman–Crippen LogP) is 2.01. The van der Waals surface area contributed by atoms with E-state index in [1.807, 2.05) is 12.1 Å². The zero-order valence-corrected chi connectivity index (χ0v) is 14.5. The third-order valence-corrected chi connectivity index (χ3v) is 6.74. The van der Waals surface area contributed by atoms with E-state index in [0.29, 0.717) is 25.0 Å². The molecule has 2 rings (SSSR count). The summed E-state index contributed by atoms with van der Waals surface area (Å²) in [4.78, 5) is 4.02. The summed E-state index contributed by atoms with van der Waals surface area (Å²) in [5.74, 6) is 0.365. The Morgan fingerprint density at radius 2 is 2.05 bits per heavy atom. The molecular weight excluding hydrogens is 298 g/mol. The number of aromatic nitrogens is 1. The fourth-order valence-electron chi connectivity index (χ4n) is 2.96. The van der Waals surface area contributed by atoms with Crippen molar-refractivity contribution in [3.05, 3.63) is 30.1 Å². The molecule has 0 bridgehead atoms. The Kier molecular flexibility index (Phi) is 5.94. The number of sulfonamides is 1. The van der Waals surface area contributed by atoms with Gasteiger partial charge in [-0.3, -0.25) is 4.98 Å². The summed E-state index contributed by atoms with van der Waals surface area (Å²) < 4.78 is 26.3. The van der Waals surface area contributed by atoms with Gasteiger partial charge < -0.3 is 5.32 Å². The molecule has 1 aliphatic rings. The lowest BCUT2D eigenvalue weighted by Gasteiger charge is -2.38. The Bertz CT molecular complexity index is 560. The van der Waals surface area contributed by atoms with Crippen LogP contribution in [0.3, 0.4) is 0 Å². The van der Waals surface area contributed by atoms with E-state index in [2.05, 4.69) is 17.2 Å². The first-order chi connectivity index (χ1) is 10.4. The van der Waals surface area contributed by atoms with Crippen molar-refractivity contribution in [2.75, 3.05) is 13.1 Å². The van der Waals surface area contributed by atoms with Gasteiger partial charge in [0.25, 0.3) is 0 Å². The van der Waals surface area contributed by atoms with Gasteiger partial charge in [-0.1, -0.05) is 13.3 Å². The molecule has 5 nitrogen and oxygen atoms in total. The number of hydrogen-bond acceptors (Lipinski definition) is 4. The number of hydrogen-bond donors (Lipinski definition) is 1. The van der Waals surface area contributed by atoms with Crippen molar-refractivity contribution in [2.24, 2.45) is 5.92 Å². The van der Waals surface area contributed by atoms with Gasteiger partial charge in [-0.15, -0.1) is 0 Å². The fraction of sp³-hybridized carbons (Fsp3) is 0.688. The van der Waals surface area contributed by atoms with E-state index in [0.717, 1.165) is 19.4 Å². The molecule has 2 atom stereocenters. The molecule has 1 aliphatic heterocycles. The van der Waals surface area contributed by atoms with Gasteiger partial charge in [0.2, 0.25) is 10.0 Å². The number of nitrogens with zero attached hydrogens (tertiary/aromatic N) is 2. The standard InChI is InChI=1S/C16H27N3O2S/c1-4-15-12-19(22(20,21)13(2)3)10-7-16(15)18-11-14-5-8-17-9-6-14/h5-6,8-9,13,15-16,18H,4,7,10-12H2,1-3H3/t15-,16-/m0/s1. The van der Waals surface area contributed by atoms with Gasteiger partial charge in [0.1, 0.15) is 0 Å². The van der Waals surface area contributed by atoms with Gasteiger partial charge in [-0.25, -0.2) is 12.7 Å². The Hall–Kier alpha value is -0.980. The monoisotopic (exact) mass is 325 g/mol. The number of nitrogens with one attached hydrogen (secondary N) is 1. The Morgan fingerprint density at radius 1 is 1.36 bits per heavy atom. The first-order valence-electron chi connectivity index (χ1n) is 8.06. The fourth-order valence-corrected chi connectivity index (χ4v) is 4.32. The van der Waals surface area contributed by atoms with Crippen LogP contribution in [0.2, 0.25) is 0 Å². The summed E-state index contributed by atoms with van der Waals surface area (Å²) in [7, 11) is -3.14. The summed E-state index contributed by atoms with van der Waals surface area (Å²) >= 11 is 0. The van der Waals surface area contributed by atoms with Crippen LogP contribution >= 0.6 is 0 Å². The predicted molar refractivity (Wildman–Crippen MR) is 88.9 cm³/mol. The summed E-state index contributed by atoms with van der Waals surface area (Å²) in [5, 5.41) is 3.25. The SMILES string of the molecule is CC[C@H]1CN(S(=O)(=O)C(C)C)CC[C@@H]1NCc1ccncc1. The van der Waals surface area contributed by atoms with E-state index >= 15 is 0 Å².